The topological polar surface area (TPSA) is 63.6 Å². The van der Waals surface area contributed by atoms with Crippen molar-refractivity contribution < 1.29 is 19.4 Å². The molecule has 0 aliphatic rings. The molecule has 0 bridgehead atoms. The lowest BCUT2D eigenvalue weighted by molar-refractivity contribution is -0.147. The van der Waals surface area contributed by atoms with Gasteiger partial charge in [0.1, 0.15) is 0 Å². The second-order valence-electron chi connectivity index (χ2n) is 5.25. The molecule has 1 unspecified atom stereocenters. The first-order chi connectivity index (χ1) is 7.14. The lowest BCUT2D eigenvalue weighted by atomic mass is 9.78. The van der Waals surface area contributed by atoms with Crippen LogP contribution in [-0.2, 0) is 14.3 Å². The summed E-state index contributed by atoms with van der Waals surface area (Å²) >= 11 is 0. The monoisotopic (exact) mass is 230 g/mol. The van der Waals surface area contributed by atoms with E-state index >= 15 is 0 Å². The van der Waals surface area contributed by atoms with Crippen LogP contribution in [0.1, 0.15) is 47.5 Å². The van der Waals surface area contributed by atoms with E-state index in [1.54, 1.807) is 6.92 Å². The molecular formula is C12H22O4. The molecule has 2 atom stereocenters. The van der Waals surface area contributed by atoms with E-state index in [2.05, 4.69) is 0 Å². The van der Waals surface area contributed by atoms with Crippen LogP contribution < -0.4 is 0 Å². The van der Waals surface area contributed by atoms with Crippen molar-refractivity contribution in [1.82, 2.24) is 0 Å². The second kappa shape index (κ2) is 5.87. The van der Waals surface area contributed by atoms with Gasteiger partial charge in [0.2, 0.25) is 0 Å². The zero-order valence-electron chi connectivity index (χ0n) is 10.7. The van der Waals surface area contributed by atoms with Gasteiger partial charge in [0.05, 0.1) is 12.0 Å². The summed E-state index contributed by atoms with van der Waals surface area (Å²) in [5, 5.41) is 9.10. The van der Waals surface area contributed by atoms with Crippen molar-refractivity contribution in [3.63, 3.8) is 0 Å². The maximum atomic E-state index is 11.1. The largest absolute Gasteiger partial charge is 0.481 e. The molecule has 0 aliphatic heterocycles. The SMILES string of the molecule is CC(=O)O[C@H](C)CCC(C(=O)O)C(C)(C)C. The Hall–Kier alpha value is -1.06. The van der Waals surface area contributed by atoms with Gasteiger partial charge < -0.3 is 9.84 Å². The molecule has 94 valence electrons. The molecule has 4 heteroatoms. The number of hydrogen-bond acceptors (Lipinski definition) is 3. The van der Waals surface area contributed by atoms with Gasteiger partial charge in [0.15, 0.2) is 0 Å². The minimum Gasteiger partial charge on any atom is -0.481 e. The van der Waals surface area contributed by atoms with Crippen LogP contribution in [0.4, 0.5) is 0 Å². The van der Waals surface area contributed by atoms with Crippen molar-refractivity contribution in [3.05, 3.63) is 0 Å². The molecule has 0 heterocycles. The quantitative estimate of drug-likeness (QED) is 0.737. The highest BCUT2D eigenvalue weighted by Crippen LogP contribution is 2.30. The summed E-state index contributed by atoms with van der Waals surface area (Å²) in [4.78, 5) is 21.8. The lowest BCUT2D eigenvalue weighted by Gasteiger charge is -2.27. The van der Waals surface area contributed by atoms with Gasteiger partial charge in [-0.2, -0.15) is 0 Å². The summed E-state index contributed by atoms with van der Waals surface area (Å²) in [6.45, 7) is 8.85. The molecule has 0 fully saturated rings. The van der Waals surface area contributed by atoms with Crippen molar-refractivity contribution in [2.75, 3.05) is 0 Å². The molecule has 0 radical (unpaired) electrons. The van der Waals surface area contributed by atoms with E-state index in [0.717, 1.165) is 0 Å². The van der Waals surface area contributed by atoms with E-state index in [-0.39, 0.29) is 17.5 Å². The van der Waals surface area contributed by atoms with Crippen molar-refractivity contribution >= 4 is 11.9 Å². The van der Waals surface area contributed by atoms with Gasteiger partial charge >= 0.3 is 11.9 Å². The summed E-state index contributed by atoms with van der Waals surface area (Å²) in [5.74, 6) is -1.52. The lowest BCUT2D eigenvalue weighted by Crippen LogP contribution is -2.29. The Labute approximate surface area is 97.0 Å². The molecular weight excluding hydrogens is 208 g/mol. The molecule has 0 spiro atoms. The van der Waals surface area contributed by atoms with E-state index in [4.69, 9.17) is 9.84 Å². The Kier molecular flexibility index (Phi) is 5.48. The molecule has 0 aromatic rings. The fraction of sp³-hybridized carbons (Fsp3) is 0.833. The molecule has 0 saturated carbocycles. The number of carboxylic acid groups (broad SMARTS) is 1. The summed E-state index contributed by atoms with van der Waals surface area (Å²) in [6.07, 6.45) is 0.878. The molecule has 0 aromatic heterocycles. The fourth-order valence-corrected chi connectivity index (χ4v) is 1.67. The van der Waals surface area contributed by atoms with Crippen LogP contribution in [0.3, 0.4) is 0 Å². The molecule has 0 rings (SSSR count). The molecule has 0 aromatic carbocycles. The maximum absolute atomic E-state index is 11.1. The van der Waals surface area contributed by atoms with Crippen molar-refractivity contribution in [3.8, 4) is 0 Å². The average molecular weight is 230 g/mol. The first kappa shape index (κ1) is 14.9. The van der Waals surface area contributed by atoms with Crippen molar-refractivity contribution in [1.29, 1.82) is 0 Å². The van der Waals surface area contributed by atoms with E-state index in [0.29, 0.717) is 12.8 Å². The summed E-state index contributed by atoms with van der Waals surface area (Å²) in [6, 6.07) is 0. The highest BCUT2D eigenvalue weighted by Gasteiger charge is 2.31. The smallest absolute Gasteiger partial charge is 0.307 e. The third-order valence-corrected chi connectivity index (χ3v) is 2.57. The molecule has 0 aliphatic carbocycles. The Morgan fingerprint density at radius 1 is 1.25 bits per heavy atom. The van der Waals surface area contributed by atoms with Crippen LogP contribution in [0.25, 0.3) is 0 Å². The first-order valence-corrected chi connectivity index (χ1v) is 5.54. The van der Waals surface area contributed by atoms with Crippen LogP contribution in [0.2, 0.25) is 0 Å². The Morgan fingerprint density at radius 3 is 2.06 bits per heavy atom. The number of carbonyl (C=O) groups excluding carboxylic acids is 1. The van der Waals surface area contributed by atoms with Gasteiger partial charge in [0.25, 0.3) is 0 Å². The van der Waals surface area contributed by atoms with Gasteiger partial charge in [0, 0.05) is 6.92 Å². The fourth-order valence-electron chi connectivity index (χ4n) is 1.67. The van der Waals surface area contributed by atoms with Crippen molar-refractivity contribution in [2.45, 2.75) is 53.6 Å². The minimum absolute atomic E-state index is 0.221. The van der Waals surface area contributed by atoms with Crippen molar-refractivity contribution in [2.24, 2.45) is 11.3 Å². The number of ether oxygens (including phenoxy) is 1. The third kappa shape index (κ3) is 5.73. The standard InChI is InChI=1S/C12H22O4/c1-8(16-9(2)13)6-7-10(11(14)15)12(3,4)5/h8,10H,6-7H2,1-5H3,(H,14,15)/t8-,10?/m1/s1. The Morgan fingerprint density at radius 2 is 1.75 bits per heavy atom. The second-order valence-corrected chi connectivity index (χ2v) is 5.25. The number of aliphatic carboxylic acids is 1. The highest BCUT2D eigenvalue weighted by atomic mass is 16.5. The molecule has 16 heavy (non-hydrogen) atoms. The number of carboxylic acids is 1. The average Bonchev–Trinajstić information content (AvgIpc) is 1.98. The van der Waals surface area contributed by atoms with Gasteiger partial charge in [-0.15, -0.1) is 0 Å². The highest BCUT2D eigenvalue weighted by molar-refractivity contribution is 5.70. The zero-order valence-corrected chi connectivity index (χ0v) is 10.7. The third-order valence-electron chi connectivity index (χ3n) is 2.57. The van der Waals surface area contributed by atoms with Gasteiger partial charge in [-0.3, -0.25) is 9.59 Å². The van der Waals surface area contributed by atoms with Gasteiger partial charge in [-0.05, 0) is 25.2 Å². The van der Waals surface area contributed by atoms with Crippen LogP contribution in [-0.4, -0.2) is 23.1 Å². The van der Waals surface area contributed by atoms with Crippen LogP contribution in [0.5, 0.6) is 0 Å². The first-order valence-electron chi connectivity index (χ1n) is 5.54. The predicted molar refractivity (Wildman–Crippen MR) is 61.0 cm³/mol. The Bertz CT molecular complexity index is 252. The van der Waals surface area contributed by atoms with E-state index < -0.39 is 11.9 Å². The Balaban J connectivity index is 4.24. The van der Waals surface area contributed by atoms with Crippen LogP contribution in [0.15, 0.2) is 0 Å². The van der Waals surface area contributed by atoms with E-state index in [1.807, 2.05) is 20.8 Å². The molecule has 1 N–H and O–H groups in total. The van der Waals surface area contributed by atoms with E-state index in [9.17, 15) is 9.59 Å². The number of esters is 1. The van der Waals surface area contributed by atoms with E-state index in [1.165, 1.54) is 6.92 Å². The number of hydrogen-bond donors (Lipinski definition) is 1. The maximum Gasteiger partial charge on any atom is 0.307 e. The van der Waals surface area contributed by atoms with Gasteiger partial charge in [-0.25, -0.2) is 0 Å². The number of rotatable bonds is 5. The summed E-state index contributed by atoms with van der Waals surface area (Å²) < 4.78 is 4.96. The van der Waals surface area contributed by atoms with Gasteiger partial charge in [-0.1, -0.05) is 20.8 Å². The summed E-state index contributed by atoms with van der Waals surface area (Å²) in [7, 11) is 0. The molecule has 0 amide bonds. The summed E-state index contributed by atoms with van der Waals surface area (Å²) in [5.41, 5.74) is -0.276. The predicted octanol–water partition coefficient (Wildman–Crippen LogP) is 2.47. The molecule has 0 saturated heterocycles. The zero-order chi connectivity index (χ0) is 12.9. The molecule has 4 nitrogen and oxygen atoms in total. The van der Waals surface area contributed by atoms with Crippen LogP contribution in [0, 0.1) is 11.3 Å². The minimum atomic E-state index is -0.789. The number of carbonyl (C=O) groups is 2. The van der Waals surface area contributed by atoms with Crippen LogP contribution >= 0.6 is 0 Å². The normalized spacial score (nSPS) is 15.3.